The predicted molar refractivity (Wildman–Crippen MR) is 50.1 cm³/mol. The van der Waals surface area contributed by atoms with Crippen molar-refractivity contribution < 1.29 is 4.42 Å². The molecule has 1 rings (SSSR count). The van der Waals surface area contributed by atoms with E-state index in [1.54, 1.807) is 0 Å². The first-order chi connectivity index (χ1) is 6.22. The van der Waals surface area contributed by atoms with Gasteiger partial charge in [-0.25, -0.2) is 0 Å². The highest BCUT2D eigenvalue weighted by Crippen LogP contribution is 2.05. The van der Waals surface area contributed by atoms with Crippen molar-refractivity contribution in [2.75, 3.05) is 11.9 Å². The lowest BCUT2D eigenvalue weighted by atomic mass is 10.1. The molecule has 0 radical (unpaired) electrons. The summed E-state index contributed by atoms with van der Waals surface area (Å²) < 4.78 is 5.16. The summed E-state index contributed by atoms with van der Waals surface area (Å²) in [4.78, 5) is 0. The Balaban J connectivity index is 2.28. The average molecular weight is 184 g/mol. The maximum Gasteiger partial charge on any atom is 0.315 e. The molecule has 5 nitrogen and oxygen atoms in total. The Morgan fingerprint density at radius 3 is 2.77 bits per heavy atom. The number of anilines is 1. The van der Waals surface area contributed by atoms with E-state index < -0.39 is 0 Å². The smallest absolute Gasteiger partial charge is 0.315 e. The molecule has 0 aliphatic carbocycles. The monoisotopic (exact) mass is 184 g/mol. The molecule has 3 N–H and O–H groups in total. The van der Waals surface area contributed by atoms with Gasteiger partial charge in [0.15, 0.2) is 0 Å². The fourth-order valence-corrected chi connectivity index (χ4v) is 0.875. The summed E-state index contributed by atoms with van der Waals surface area (Å²) in [5.74, 6) is 1.14. The van der Waals surface area contributed by atoms with Gasteiger partial charge >= 0.3 is 6.01 Å². The summed E-state index contributed by atoms with van der Waals surface area (Å²) in [5.41, 5.74) is 5.32. The van der Waals surface area contributed by atoms with Gasteiger partial charge in [-0.3, -0.25) is 0 Å². The average Bonchev–Trinajstić information content (AvgIpc) is 2.52. The summed E-state index contributed by atoms with van der Waals surface area (Å²) in [6.45, 7) is 5.48. The van der Waals surface area contributed by atoms with Gasteiger partial charge in [-0.15, -0.1) is 5.10 Å². The Morgan fingerprint density at radius 1 is 1.46 bits per heavy atom. The van der Waals surface area contributed by atoms with Gasteiger partial charge in [0.25, 0.3) is 0 Å². The fourth-order valence-electron chi connectivity index (χ4n) is 0.875. The molecule has 1 aromatic heterocycles. The first-order valence-corrected chi connectivity index (χ1v) is 4.48. The molecule has 0 aliphatic rings. The highest BCUT2D eigenvalue weighted by molar-refractivity contribution is 5.16. The highest BCUT2D eigenvalue weighted by Gasteiger charge is 2.02. The van der Waals surface area contributed by atoms with Crippen molar-refractivity contribution in [1.82, 2.24) is 10.2 Å². The molecule has 0 atom stereocenters. The molecule has 0 amide bonds. The molecular formula is C8H16N4O. The summed E-state index contributed by atoms with van der Waals surface area (Å²) in [6.07, 6.45) is 1.08. The van der Waals surface area contributed by atoms with Gasteiger partial charge in [-0.1, -0.05) is 18.9 Å². The van der Waals surface area contributed by atoms with Crippen LogP contribution in [-0.4, -0.2) is 16.7 Å². The molecule has 0 spiro atoms. The van der Waals surface area contributed by atoms with Crippen molar-refractivity contribution in [3.8, 4) is 0 Å². The second-order valence-electron chi connectivity index (χ2n) is 3.31. The minimum atomic E-state index is 0.291. The van der Waals surface area contributed by atoms with Crippen molar-refractivity contribution >= 4 is 6.01 Å². The fraction of sp³-hybridized carbons (Fsp3) is 0.750. The number of nitrogens with two attached hydrogens (primary N) is 1. The van der Waals surface area contributed by atoms with E-state index in [0.29, 0.717) is 24.4 Å². The van der Waals surface area contributed by atoms with Crippen molar-refractivity contribution in [2.45, 2.75) is 26.8 Å². The number of rotatable bonds is 5. The molecule has 0 saturated carbocycles. The van der Waals surface area contributed by atoms with E-state index >= 15 is 0 Å². The molecule has 74 valence electrons. The van der Waals surface area contributed by atoms with Gasteiger partial charge in [0.1, 0.15) is 0 Å². The van der Waals surface area contributed by atoms with Crippen LogP contribution >= 0.6 is 0 Å². The number of hydrogen-bond donors (Lipinski definition) is 2. The zero-order chi connectivity index (χ0) is 9.68. The van der Waals surface area contributed by atoms with Crippen LogP contribution in [0.5, 0.6) is 0 Å². The first-order valence-electron chi connectivity index (χ1n) is 4.48. The van der Waals surface area contributed by atoms with Crippen molar-refractivity contribution in [3.05, 3.63) is 5.89 Å². The second-order valence-corrected chi connectivity index (χ2v) is 3.31. The van der Waals surface area contributed by atoms with E-state index in [9.17, 15) is 0 Å². The molecule has 5 heteroatoms. The van der Waals surface area contributed by atoms with E-state index in [-0.39, 0.29) is 0 Å². The topological polar surface area (TPSA) is 77.0 Å². The Labute approximate surface area is 77.7 Å². The van der Waals surface area contributed by atoms with Crippen LogP contribution in [0, 0.1) is 5.92 Å². The van der Waals surface area contributed by atoms with Gasteiger partial charge in [0, 0.05) is 6.54 Å². The molecule has 0 saturated heterocycles. The van der Waals surface area contributed by atoms with Crippen LogP contribution in [0.3, 0.4) is 0 Å². The molecule has 0 aromatic carbocycles. The number of nitrogens with zero attached hydrogens (tertiary/aromatic N) is 2. The van der Waals surface area contributed by atoms with E-state index in [0.717, 1.165) is 13.0 Å². The van der Waals surface area contributed by atoms with Crippen LogP contribution in [0.4, 0.5) is 6.01 Å². The van der Waals surface area contributed by atoms with Gasteiger partial charge in [0.05, 0.1) is 6.54 Å². The van der Waals surface area contributed by atoms with E-state index in [1.165, 1.54) is 0 Å². The summed E-state index contributed by atoms with van der Waals surface area (Å²) in [7, 11) is 0. The lowest BCUT2D eigenvalue weighted by molar-refractivity contribution is 0.503. The molecule has 0 fully saturated rings. The summed E-state index contributed by atoms with van der Waals surface area (Å²) in [5, 5.41) is 10.5. The van der Waals surface area contributed by atoms with Crippen LogP contribution in [0.15, 0.2) is 4.42 Å². The van der Waals surface area contributed by atoms with Gasteiger partial charge < -0.3 is 15.5 Å². The Morgan fingerprint density at radius 2 is 2.23 bits per heavy atom. The van der Waals surface area contributed by atoms with Gasteiger partial charge in [0.2, 0.25) is 5.89 Å². The molecule has 13 heavy (non-hydrogen) atoms. The molecule has 1 aromatic rings. The van der Waals surface area contributed by atoms with Gasteiger partial charge in [-0.2, -0.15) is 0 Å². The predicted octanol–water partition coefficient (Wildman–Crippen LogP) is 0.986. The third kappa shape index (κ3) is 3.42. The zero-order valence-electron chi connectivity index (χ0n) is 8.08. The SMILES string of the molecule is CC(C)CCNc1nnc(CN)o1. The minimum Gasteiger partial charge on any atom is -0.407 e. The Hall–Kier alpha value is -1.10. The zero-order valence-corrected chi connectivity index (χ0v) is 8.08. The van der Waals surface area contributed by atoms with Crippen LogP contribution < -0.4 is 11.1 Å². The van der Waals surface area contributed by atoms with Crippen LogP contribution in [0.25, 0.3) is 0 Å². The lowest BCUT2D eigenvalue weighted by Crippen LogP contribution is -2.04. The lowest BCUT2D eigenvalue weighted by Gasteiger charge is -2.03. The third-order valence-electron chi connectivity index (χ3n) is 1.64. The largest absolute Gasteiger partial charge is 0.407 e. The van der Waals surface area contributed by atoms with Crippen molar-refractivity contribution in [1.29, 1.82) is 0 Å². The highest BCUT2D eigenvalue weighted by atomic mass is 16.4. The normalized spacial score (nSPS) is 10.8. The minimum absolute atomic E-state index is 0.291. The second kappa shape index (κ2) is 4.81. The third-order valence-corrected chi connectivity index (χ3v) is 1.64. The Kier molecular flexibility index (Phi) is 3.70. The number of hydrogen-bond acceptors (Lipinski definition) is 5. The quantitative estimate of drug-likeness (QED) is 0.713. The molecule has 0 bridgehead atoms. The number of aromatic nitrogens is 2. The molecule has 0 aliphatic heterocycles. The standard InChI is InChI=1S/C8H16N4O/c1-6(2)3-4-10-8-12-11-7(5-9)13-8/h6H,3-5,9H2,1-2H3,(H,10,12). The molecule has 1 heterocycles. The maximum absolute atomic E-state index is 5.32. The first kappa shape index (κ1) is 9.98. The van der Waals surface area contributed by atoms with E-state index in [1.807, 2.05) is 0 Å². The van der Waals surface area contributed by atoms with Gasteiger partial charge in [-0.05, 0) is 12.3 Å². The van der Waals surface area contributed by atoms with Crippen LogP contribution in [-0.2, 0) is 6.54 Å². The van der Waals surface area contributed by atoms with Crippen LogP contribution in [0.1, 0.15) is 26.2 Å². The summed E-state index contributed by atoms with van der Waals surface area (Å²) in [6, 6.07) is 0.459. The summed E-state index contributed by atoms with van der Waals surface area (Å²) >= 11 is 0. The van der Waals surface area contributed by atoms with Crippen molar-refractivity contribution in [2.24, 2.45) is 11.7 Å². The van der Waals surface area contributed by atoms with E-state index in [2.05, 4.69) is 29.4 Å². The van der Waals surface area contributed by atoms with Crippen molar-refractivity contribution in [3.63, 3.8) is 0 Å². The van der Waals surface area contributed by atoms with E-state index in [4.69, 9.17) is 10.2 Å². The molecule has 0 unspecified atom stereocenters. The van der Waals surface area contributed by atoms with Crippen LogP contribution in [0.2, 0.25) is 0 Å². The Bertz CT molecular complexity index is 246. The number of nitrogens with one attached hydrogen (secondary N) is 1. The maximum atomic E-state index is 5.32. The molecular weight excluding hydrogens is 168 g/mol.